The molecule has 1 heterocycles. The molecular formula is C21H21FN4O. The van der Waals surface area contributed by atoms with Crippen LogP contribution in [0.2, 0.25) is 0 Å². The van der Waals surface area contributed by atoms with E-state index in [9.17, 15) is 9.18 Å². The van der Waals surface area contributed by atoms with Gasteiger partial charge in [-0.1, -0.05) is 25.0 Å². The summed E-state index contributed by atoms with van der Waals surface area (Å²) in [7, 11) is 0. The molecule has 6 heteroatoms. The largest absolute Gasteiger partial charge is 0.325 e. The number of hydrogen-bond donors (Lipinski definition) is 2. The molecule has 0 spiro atoms. The topological polar surface area (TPSA) is 70.7 Å². The fraction of sp³-hybridized carbons (Fsp3) is 0.286. The third-order valence-corrected chi connectivity index (χ3v) is 5.29. The molecule has 4 rings (SSSR count). The van der Waals surface area contributed by atoms with Crippen LogP contribution in [-0.4, -0.2) is 21.1 Å². The molecule has 2 N–H and O–H groups in total. The number of amides is 1. The third-order valence-electron chi connectivity index (χ3n) is 5.29. The van der Waals surface area contributed by atoms with Gasteiger partial charge < -0.3 is 5.32 Å². The van der Waals surface area contributed by atoms with Gasteiger partial charge in [-0.05, 0) is 61.7 Å². The number of halogens is 1. The van der Waals surface area contributed by atoms with Crippen LogP contribution >= 0.6 is 0 Å². The second kappa shape index (κ2) is 6.95. The number of aryl methyl sites for hydroxylation is 1. The summed E-state index contributed by atoms with van der Waals surface area (Å²) in [5, 5.41) is 10.0. The maximum Gasteiger partial charge on any atom is 0.235 e. The van der Waals surface area contributed by atoms with E-state index in [1.807, 2.05) is 31.2 Å². The van der Waals surface area contributed by atoms with Gasteiger partial charge in [0.1, 0.15) is 11.6 Å². The second-order valence-corrected chi connectivity index (χ2v) is 7.07. The SMILES string of the molecule is Cc1nc(-c2ccc(NC(=O)C3(c4ccc(F)cc4)CCCC3)cc2)n[nH]1. The molecule has 0 radical (unpaired) electrons. The Balaban J connectivity index is 1.55. The van der Waals surface area contributed by atoms with E-state index in [1.54, 1.807) is 12.1 Å². The van der Waals surface area contributed by atoms with Gasteiger partial charge in [-0.15, -0.1) is 0 Å². The molecule has 1 saturated carbocycles. The van der Waals surface area contributed by atoms with Crippen LogP contribution in [-0.2, 0) is 10.2 Å². The van der Waals surface area contributed by atoms with Crippen LogP contribution in [0.3, 0.4) is 0 Å². The highest BCUT2D eigenvalue weighted by molar-refractivity contribution is 5.99. The first kappa shape index (κ1) is 17.4. The normalized spacial score (nSPS) is 15.6. The van der Waals surface area contributed by atoms with Crippen LogP contribution in [0.25, 0.3) is 11.4 Å². The lowest BCUT2D eigenvalue weighted by atomic mass is 9.78. The molecule has 1 fully saturated rings. The minimum absolute atomic E-state index is 0.0342. The van der Waals surface area contributed by atoms with Gasteiger partial charge in [0.25, 0.3) is 0 Å². The smallest absolute Gasteiger partial charge is 0.235 e. The lowest BCUT2D eigenvalue weighted by Crippen LogP contribution is -2.38. The molecule has 1 amide bonds. The number of nitrogens with zero attached hydrogens (tertiary/aromatic N) is 2. The number of benzene rings is 2. The minimum Gasteiger partial charge on any atom is -0.325 e. The van der Waals surface area contributed by atoms with E-state index in [2.05, 4.69) is 20.5 Å². The fourth-order valence-electron chi connectivity index (χ4n) is 3.82. The summed E-state index contributed by atoms with van der Waals surface area (Å²) >= 11 is 0. The van der Waals surface area contributed by atoms with Gasteiger partial charge >= 0.3 is 0 Å². The second-order valence-electron chi connectivity index (χ2n) is 7.07. The Morgan fingerprint density at radius 2 is 1.74 bits per heavy atom. The highest BCUT2D eigenvalue weighted by atomic mass is 19.1. The maximum absolute atomic E-state index is 13.3. The Kier molecular flexibility index (Phi) is 4.48. The predicted molar refractivity (Wildman–Crippen MR) is 102 cm³/mol. The maximum atomic E-state index is 13.3. The Morgan fingerprint density at radius 3 is 2.33 bits per heavy atom. The monoisotopic (exact) mass is 364 g/mol. The van der Waals surface area contributed by atoms with E-state index in [0.717, 1.165) is 48.3 Å². The zero-order valence-corrected chi connectivity index (χ0v) is 15.1. The van der Waals surface area contributed by atoms with Crippen LogP contribution in [0.15, 0.2) is 48.5 Å². The molecule has 1 aromatic heterocycles. The van der Waals surface area contributed by atoms with Crippen LogP contribution in [0, 0.1) is 12.7 Å². The predicted octanol–water partition coefficient (Wildman–Crippen LogP) is 4.37. The molecule has 0 unspecified atom stereocenters. The van der Waals surface area contributed by atoms with Gasteiger partial charge in [0.2, 0.25) is 5.91 Å². The number of hydrogen-bond acceptors (Lipinski definition) is 3. The van der Waals surface area contributed by atoms with Gasteiger partial charge in [0.05, 0.1) is 5.41 Å². The summed E-state index contributed by atoms with van der Waals surface area (Å²) in [6.45, 7) is 1.85. The highest BCUT2D eigenvalue weighted by Crippen LogP contribution is 2.42. The molecule has 1 aliphatic carbocycles. The summed E-state index contributed by atoms with van der Waals surface area (Å²) in [6.07, 6.45) is 3.54. The van der Waals surface area contributed by atoms with E-state index >= 15 is 0 Å². The summed E-state index contributed by atoms with van der Waals surface area (Å²) in [5.74, 6) is 1.06. The van der Waals surface area contributed by atoms with Crippen molar-refractivity contribution in [3.05, 3.63) is 65.7 Å². The number of nitrogens with one attached hydrogen (secondary N) is 2. The summed E-state index contributed by atoms with van der Waals surface area (Å²) in [4.78, 5) is 17.5. The van der Waals surface area contributed by atoms with Crippen molar-refractivity contribution >= 4 is 11.6 Å². The molecule has 0 saturated heterocycles. The summed E-state index contributed by atoms with van der Waals surface area (Å²) in [6, 6.07) is 13.8. The van der Waals surface area contributed by atoms with Crippen molar-refractivity contribution in [2.45, 2.75) is 38.0 Å². The van der Waals surface area contributed by atoms with Crippen LogP contribution in [0.1, 0.15) is 37.1 Å². The number of carbonyl (C=O) groups excluding carboxylic acids is 1. The standard InChI is InChI=1S/C21H21FN4O/c1-14-23-19(26-25-14)15-4-10-18(11-5-15)24-20(27)21(12-2-3-13-21)16-6-8-17(22)9-7-16/h4-11H,2-3,12-13H2,1H3,(H,24,27)(H,23,25,26). The first-order valence-corrected chi connectivity index (χ1v) is 9.14. The van der Waals surface area contributed by atoms with Gasteiger partial charge in [-0.2, -0.15) is 5.10 Å². The number of H-pyrrole nitrogens is 1. The molecule has 138 valence electrons. The van der Waals surface area contributed by atoms with E-state index in [-0.39, 0.29) is 11.7 Å². The number of aromatic amines is 1. The van der Waals surface area contributed by atoms with Gasteiger partial charge in [-0.25, -0.2) is 9.37 Å². The van der Waals surface area contributed by atoms with Crippen LogP contribution in [0.5, 0.6) is 0 Å². The summed E-state index contributed by atoms with van der Waals surface area (Å²) < 4.78 is 13.3. The lowest BCUT2D eigenvalue weighted by Gasteiger charge is -2.28. The Bertz CT molecular complexity index is 941. The first-order valence-electron chi connectivity index (χ1n) is 9.14. The Morgan fingerprint density at radius 1 is 1.07 bits per heavy atom. The molecule has 27 heavy (non-hydrogen) atoms. The average Bonchev–Trinajstić information content (AvgIpc) is 3.33. The quantitative estimate of drug-likeness (QED) is 0.722. The van der Waals surface area contributed by atoms with Crippen molar-refractivity contribution in [2.75, 3.05) is 5.32 Å². The number of aromatic nitrogens is 3. The van der Waals surface area contributed by atoms with E-state index in [1.165, 1.54) is 12.1 Å². The molecule has 0 bridgehead atoms. The third kappa shape index (κ3) is 3.35. The molecule has 3 aromatic rings. The van der Waals surface area contributed by atoms with Gasteiger partial charge in [0.15, 0.2) is 5.82 Å². The molecule has 2 aromatic carbocycles. The van der Waals surface area contributed by atoms with Gasteiger partial charge in [-0.3, -0.25) is 9.89 Å². The molecular weight excluding hydrogens is 343 g/mol. The zero-order chi connectivity index (χ0) is 18.9. The van der Waals surface area contributed by atoms with Crippen molar-refractivity contribution < 1.29 is 9.18 Å². The van der Waals surface area contributed by atoms with Crippen molar-refractivity contribution in [2.24, 2.45) is 0 Å². The van der Waals surface area contributed by atoms with Crippen molar-refractivity contribution in [1.29, 1.82) is 0 Å². The number of rotatable bonds is 4. The van der Waals surface area contributed by atoms with Gasteiger partial charge in [0, 0.05) is 11.3 Å². The van der Waals surface area contributed by atoms with Crippen molar-refractivity contribution in [3.63, 3.8) is 0 Å². The van der Waals surface area contributed by atoms with Crippen molar-refractivity contribution in [3.8, 4) is 11.4 Å². The van der Waals surface area contributed by atoms with Crippen LogP contribution in [0.4, 0.5) is 10.1 Å². The highest BCUT2D eigenvalue weighted by Gasteiger charge is 2.42. The lowest BCUT2D eigenvalue weighted by molar-refractivity contribution is -0.121. The minimum atomic E-state index is -0.590. The molecule has 1 aliphatic rings. The fourth-order valence-corrected chi connectivity index (χ4v) is 3.82. The first-order chi connectivity index (χ1) is 13.1. The Hall–Kier alpha value is -3.02. The average molecular weight is 364 g/mol. The van der Waals surface area contributed by atoms with E-state index in [4.69, 9.17) is 0 Å². The molecule has 0 atom stereocenters. The van der Waals surface area contributed by atoms with Crippen LogP contribution < -0.4 is 5.32 Å². The van der Waals surface area contributed by atoms with E-state index in [0.29, 0.717) is 5.82 Å². The van der Waals surface area contributed by atoms with E-state index < -0.39 is 5.41 Å². The molecule has 5 nitrogen and oxygen atoms in total. The number of anilines is 1. The van der Waals surface area contributed by atoms with Crippen molar-refractivity contribution in [1.82, 2.24) is 15.2 Å². The summed E-state index contributed by atoms with van der Waals surface area (Å²) in [5.41, 5.74) is 1.90. The number of carbonyl (C=O) groups is 1. The zero-order valence-electron chi connectivity index (χ0n) is 15.1. The Labute approximate surface area is 157 Å². The molecule has 0 aliphatic heterocycles.